The molecule has 0 radical (unpaired) electrons. The van der Waals surface area contributed by atoms with Crippen molar-refractivity contribution >= 4 is 33.6 Å². The fourth-order valence-electron chi connectivity index (χ4n) is 1.77. The van der Waals surface area contributed by atoms with Crippen LogP contribution in [0.25, 0.3) is 0 Å². The smallest absolute Gasteiger partial charge is 0.329 e. The number of carbonyl (C=O) groups is 2. The van der Waals surface area contributed by atoms with Crippen molar-refractivity contribution in [1.29, 1.82) is 0 Å². The van der Waals surface area contributed by atoms with Gasteiger partial charge in [-0.15, -0.1) is 0 Å². The van der Waals surface area contributed by atoms with Crippen LogP contribution in [-0.2, 0) is 4.79 Å². The van der Waals surface area contributed by atoms with Crippen molar-refractivity contribution in [2.75, 3.05) is 11.9 Å². The molecule has 0 unspecified atom stereocenters. The van der Waals surface area contributed by atoms with Crippen LogP contribution in [0, 0.1) is 6.92 Å². The van der Waals surface area contributed by atoms with Crippen LogP contribution in [0.4, 0.5) is 10.5 Å². The molecule has 0 atom stereocenters. The molecule has 110 valence electrons. The number of hydrogen-bond acceptors (Lipinski definition) is 2. The average molecular weight is 343 g/mol. The first-order valence-electron chi connectivity index (χ1n) is 6.28. The van der Waals surface area contributed by atoms with E-state index in [2.05, 4.69) is 21.2 Å². The largest absolute Gasteiger partial charge is 0.480 e. The van der Waals surface area contributed by atoms with Crippen molar-refractivity contribution in [2.45, 2.75) is 33.2 Å². The molecule has 1 aromatic carbocycles. The van der Waals surface area contributed by atoms with E-state index in [-0.39, 0.29) is 0 Å². The minimum Gasteiger partial charge on any atom is -0.480 e. The number of aryl methyl sites for hydroxylation is 1. The summed E-state index contributed by atoms with van der Waals surface area (Å²) in [6, 6.07) is 5.00. The number of anilines is 1. The molecular formula is C14H19BrN2O3. The Labute approximate surface area is 127 Å². The lowest BCUT2D eigenvalue weighted by molar-refractivity contribution is -0.147. The zero-order valence-electron chi connectivity index (χ0n) is 12.0. The lowest BCUT2D eigenvalue weighted by Crippen LogP contribution is -2.54. The van der Waals surface area contributed by atoms with E-state index >= 15 is 0 Å². The van der Waals surface area contributed by atoms with Gasteiger partial charge < -0.3 is 15.3 Å². The van der Waals surface area contributed by atoms with E-state index < -0.39 is 17.5 Å². The van der Waals surface area contributed by atoms with Gasteiger partial charge in [-0.25, -0.2) is 9.59 Å². The zero-order chi connectivity index (χ0) is 15.5. The minimum atomic E-state index is -1.26. The number of amides is 2. The lowest BCUT2D eigenvalue weighted by atomic mass is 10.0. The topological polar surface area (TPSA) is 69.6 Å². The summed E-state index contributed by atoms with van der Waals surface area (Å²) in [5.74, 6) is -1.04. The van der Waals surface area contributed by atoms with Gasteiger partial charge in [0.05, 0.1) is 0 Å². The Morgan fingerprint density at radius 1 is 1.40 bits per heavy atom. The Morgan fingerprint density at radius 2 is 2.00 bits per heavy atom. The molecule has 5 nitrogen and oxygen atoms in total. The predicted octanol–water partition coefficient (Wildman–Crippen LogP) is 3.47. The monoisotopic (exact) mass is 342 g/mol. The Hall–Kier alpha value is -1.56. The van der Waals surface area contributed by atoms with Crippen molar-refractivity contribution in [2.24, 2.45) is 0 Å². The highest BCUT2D eigenvalue weighted by molar-refractivity contribution is 9.10. The number of nitrogens with one attached hydrogen (secondary N) is 1. The SMILES string of the molecule is CCN(C(=O)Nc1ccc(C)c(Br)c1)C(C)(C)C(=O)O. The van der Waals surface area contributed by atoms with Gasteiger partial charge in [0, 0.05) is 16.7 Å². The molecule has 1 rings (SSSR count). The van der Waals surface area contributed by atoms with Crippen molar-refractivity contribution in [1.82, 2.24) is 4.90 Å². The molecule has 0 spiro atoms. The highest BCUT2D eigenvalue weighted by Crippen LogP contribution is 2.22. The van der Waals surface area contributed by atoms with Crippen LogP contribution >= 0.6 is 15.9 Å². The number of likely N-dealkylation sites (N-methyl/N-ethyl adjacent to an activating group) is 1. The number of carbonyl (C=O) groups excluding carboxylic acids is 1. The number of halogens is 1. The van der Waals surface area contributed by atoms with E-state index in [1.54, 1.807) is 19.1 Å². The molecule has 0 bridgehead atoms. The maximum absolute atomic E-state index is 12.2. The van der Waals surface area contributed by atoms with Crippen molar-refractivity contribution < 1.29 is 14.7 Å². The number of aliphatic carboxylic acids is 1. The van der Waals surface area contributed by atoms with Crippen molar-refractivity contribution in [3.05, 3.63) is 28.2 Å². The molecule has 0 saturated heterocycles. The van der Waals surface area contributed by atoms with Gasteiger partial charge in [-0.05, 0) is 45.4 Å². The minimum absolute atomic E-state index is 0.304. The maximum Gasteiger partial charge on any atom is 0.329 e. The Morgan fingerprint density at radius 3 is 2.45 bits per heavy atom. The molecule has 0 heterocycles. The third-order valence-corrected chi connectivity index (χ3v) is 4.04. The molecular weight excluding hydrogens is 324 g/mol. The zero-order valence-corrected chi connectivity index (χ0v) is 13.6. The van der Waals surface area contributed by atoms with Crippen LogP contribution in [0.5, 0.6) is 0 Å². The van der Waals surface area contributed by atoms with Crippen LogP contribution < -0.4 is 5.32 Å². The van der Waals surface area contributed by atoms with Crippen molar-refractivity contribution in [3.63, 3.8) is 0 Å². The van der Waals surface area contributed by atoms with Gasteiger partial charge in [-0.1, -0.05) is 22.0 Å². The number of carboxylic acid groups (broad SMARTS) is 1. The summed E-state index contributed by atoms with van der Waals surface area (Å²) < 4.78 is 0.885. The second kappa shape index (κ2) is 6.26. The summed E-state index contributed by atoms with van der Waals surface area (Å²) in [6.07, 6.45) is 0. The Balaban J connectivity index is 2.93. The Kier molecular flexibility index (Phi) is 5.16. The van der Waals surface area contributed by atoms with Gasteiger partial charge in [0.1, 0.15) is 5.54 Å². The van der Waals surface area contributed by atoms with Gasteiger partial charge in [-0.2, -0.15) is 0 Å². The van der Waals surface area contributed by atoms with Crippen LogP contribution in [0.3, 0.4) is 0 Å². The maximum atomic E-state index is 12.2. The molecule has 0 aliphatic heterocycles. The molecule has 20 heavy (non-hydrogen) atoms. The number of carboxylic acids is 1. The third-order valence-electron chi connectivity index (χ3n) is 3.18. The molecule has 0 aliphatic carbocycles. The molecule has 0 saturated carbocycles. The van der Waals surface area contributed by atoms with Gasteiger partial charge >= 0.3 is 12.0 Å². The summed E-state index contributed by atoms with van der Waals surface area (Å²) in [4.78, 5) is 24.8. The second-order valence-corrected chi connectivity index (χ2v) is 5.86. The molecule has 2 amide bonds. The molecule has 0 aliphatic rings. The van der Waals surface area contributed by atoms with Crippen LogP contribution in [0.2, 0.25) is 0 Å². The van der Waals surface area contributed by atoms with E-state index in [0.29, 0.717) is 12.2 Å². The quantitative estimate of drug-likeness (QED) is 0.879. The average Bonchev–Trinajstić information content (AvgIpc) is 2.34. The van der Waals surface area contributed by atoms with Gasteiger partial charge in [0.2, 0.25) is 0 Å². The number of urea groups is 1. The van der Waals surface area contributed by atoms with Gasteiger partial charge in [0.25, 0.3) is 0 Å². The Bertz CT molecular complexity index is 529. The van der Waals surface area contributed by atoms with Gasteiger partial charge in [0.15, 0.2) is 0 Å². The van der Waals surface area contributed by atoms with Crippen LogP contribution in [-0.4, -0.2) is 34.1 Å². The first kappa shape index (κ1) is 16.5. The second-order valence-electron chi connectivity index (χ2n) is 5.00. The highest BCUT2D eigenvalue weighted by atomic mass is 79.9. The van der Waals surface area contributed by atoms with E-state index in [4.69, 9.17) is 0 Å². The number of hydrogen-bond donors (Lipinski definition) is 2. The third kappa shape index (κ3) is 3.50. The molecule has 6 heteroatoms. The number of nitrogens with zero attached hydrogens (tertiary/aromatic N) is 1. The van der Waals surface area contributed by atoms with Crippen LogP contribution in [0.15, 0.2) is 22.7 Å². The van der Waals surface area contributed by atoms with Gasteiger partial charge in [-0.3, -0.25) is 0 Å². The number of rotatable bonds is 4. The summed E-state index contributed by atoms with van der Waals surface area (Å²) in [7, 11) is 0. The standard InChI is InChI=1S/C14H19BrN2O3/c1-5-17(14(3,4)12(18)19)13(20)16-10-7-6-9(2)11(15)8-10/h6-8H,5H2,1-4H3,(H,16,20)(H,18,19). The summed E-state index contributed by atoms with van der Waals surface area (Å²) >= 11 is 3.39. The molecule has 0 aromatic heterocycles. The fourth-order valence-corrected chi connectivity index (χ4v) is 2.15. The fraction of sp³-hybridized carbons (Fsp3) is 0.429. The molecule has 0 fully saturated rings. The number of benzene rings is 1. The van der Waals surface area contributed by atoms with E-state index in [1.807, 2.05) is 13.0 Å². The molecule has 2 N–H and O–H groups in total. The first-order chi connectivity index (χ1) is 9.20. The molecule has 1 aromatic rings. The van der Waals surface area contributed by atoms with E-state index in [1.165, 1.54) is 18.7 Å². The summed E-state index contributed by atoms with van der Waals surface area (Å²) in [5.41, 5.74) is 0.411. The first-order valence-corrected chi connectivity index (χ1v) is 7.07. The summed E-state index contributed by atoms with van der Waals surface area (Å²) in [6.45, 7) is 7.00. The van der Waals surface area contributed by atoms with E-state index in [0.717, 1.165) is 10.0 Å². The van der Waals surface area contributed by atoms with Crippen LogP contribution in [0.1, 0.15) is 26.3 Å². The predicted molar refractivity (Wildman–Crippen MR) is 82.0 cm³/mol. The van der Waals surface area contributed by atoms with Crippen molar-refractivity contribution in [3.8, 4) is 0 Å². The summed E-state index contributed by atoms with van der Waals surface area (Å²) in [5, 5.41) is 11.9. The van der Waals surface area contributed by atoms with E-state index in [9.17, 15) is 14.7 Å². The highest BCUT2D eigenvalue weighted by Gasteiger charge is 2.36. The lowest BCUT2D eigenvalue weighted by Gasteiger charge is -2.34. The normalized spacial score (nSPS) is 11.1.